The topological polar surface area (TPSA) is 32.7 Å². The Morgan fingerprint density at radius 3 is 2.75 bits per heavy atom. The van der Waals surface area contributed by atoms with E-state index in [9.17, 15) is 5.11 Å². The van der Waals surface area contributed by atoms with E-state index in [0.717, 1.165) is 12.1 Å². The minimum atomic E-state index is 0.123. The summed E-state index contributed by atoms with van der Waals surface area (Å²) in [5.74, 6) is 0.123. The zero-order chi connectivity index (χ0) is 12.1. The second-order valence-electron chi connectivity index (χ2n) is 4.01. The monoisotopic (exact) mass is 243 g/mol. The first-order valence-corrected chi connectivity index (χ1v) is 5.59. The molecule has 16 heavy (non-hydrogen) atoms. The average molecular weight is 244 g/mol. The molecule has 0 aliphatic rings. The lowest BCUT2D eigenvalue weighted by Crippen LogP contribution is -2.32. The van der Waals surface area contributed by atoms with Crippen molar-refractivity contribution in [1.29, 1.82) is 0 Å². The molecule has 0 bridgehead atoms. The Kier molecular flexibility index (Phi) is 5.06. The van der Waals surface area contributed by atoms with Gasteiger partial charge in [0.2, 0.25) is 0 Å². The minimum Gasteiger partial charge on any atom is -0.506 e. The highest BCUT2D eigenvalue weighted by atomic mass is 35.5. The van der Waals surface area contributed by atoms with Crippen molar-refractivity contribution < 1.29 is 9.84 Å². The quantitative estimate of drug-likeness (QED) is 0.863. The molecule has 1 N–H and O–H groups in total. The Morgan fingerprint density at radius 1 is 1.50 bits per heavy atom. The van der Waals surface area contributed by atoms with Crippen LogP contribution < -0.4 is 0 Å². The second-order valence-corrected chi connectivity index (χ2v) is 4.41. The minimum absolute atomic E-state index is 0.123. The van der Waals surface area contributed by atoms with Crippen molar-refractivity contribution in [2.75, 3.05) is 20.8 Å². The predicted molar refractivity (Wildman–Crippen MR) is 65.9 cm³/mol. The van der Waals surface area contributed by atoms with E-state index >= 15 is 0 Å². The summed E-state index contributed by atoms with van der Waals surface area (Å²) in [6.07, 6.45) is 0. The van der Waals surface area contributed by atoms with Gasteiger partial charge in [-0.05, 0) is 31.7 Å². The summed E-state index contributed by atoms with van der Waals surface area (Å²) in [6.45, 7) is 3.58. The maximum atomic E-state index is 9.31. The van der Waals surface area contributed by atoms with E-state index in [4.69, 9.17) is 16.3 Å². The number of hydrogen-bond acceptors (Lipinski definition) is 3. The molecular weight excluding hydrogens is 226 g/mol. The van der Waals surface area contributed by atoms with Gasteiger partial charge in [0.05, 0.1) is 11.6 Å². The van der Waals surface area contributed by atoms with Crippen LogP contribution >= 0.6 is 11.6 Å². The van der Waals surface area contributed by atoms with Crippen molar-refractivity contribution in [3.8, 4) is 5.75 Å². The van der Waals surface area contributed by atoms with Crippen molar-refractivity contribution in [3.05, 3.63) is 28.8 Å². The number of ether oxygens (including phenoxy) is 1. The van der Waals surface area contributed by atoms with E-state index < -0.39 is 0 Å². The number of likely N-dealkylation sites (N-methyl/N-ethyl adjacent to an activating group) is 1. The molecule has 0 aliphatic heterocycles. The number of benzene rings is 1. The Morgan fingerprint density at radius 2 is 2.19 bits per heavy atom. The molecule has 0 radical (unpaired) electrons. The zero-order valence-corrected chi connectivity index (χ0v) is 10.7. The molecule has 1 aromatic rings. The van der Waals surface area contributed by atoms with Crippen LogP contribution in [0.2, 0.25) is 5.02 Å². The van der Waals surface area contributed by atoms with Crippen LogP contribution in [0.3, 0.4) is 0 Å². The normalized spacial score (nSPS) is 13.1. The summed E-state index contributed by atoms with van der Waals surface area (Å²) in [5.41, 5.74) is 1.08. The molecule has 1 unspecified atom stereocenters. The van der Waals surface area contributed by atoms with E-state index in [1.54, 1.807) is 19.2 Å². The Balaban J connectivity index is 2.62. The molecule has 0 aliphatic carbocycles. The van der Waals surface area contributed by atoms with Crippen LogP contribution in [0.25, 0.3) is 0 Å². The maximum Gasteiger partial charge on any atom is 0.134 e. The molecule has 0 saturated carbocycles. The highest BCUT2D eigenvalue weighted by molar-refractivity contribution is 6.32. The molecule has 0 amide bonds. The second kappa shape index (κ2) is 6.09. The summed E-state index contributed by atoms with van der Waals surface area (Å²) in [7, 11) is 3.73. The van der Waals surface area contributed by atoms with Gasteiger partial charge in [0, 0.05) is 19.7 Å². The lowest BCUT2D eigenvalue weighted by atomic mass is 10.2. The molecule has 3 nitrogen and oxygen atoms in total. The third-order valence-electron chi connectivity index (χ3n) is 2.60. The SMILES string of the molecule is COCC(C)N(C)Cc1ccc(O)c(Cl)c1. The Labute approximate surface area is 102 Å². The first-order valence-electron chi connectivity index (χ1n) is 5.21. The zero-order valence-electron chi connectivity index (χ0n) is 9.90. The first-order chi connectivity index (χ1) is 7.54. The average Bonchev–Trinajstić information content (AvgIpc) is 2.24. The molecule has 0 aromatic heterocycles. The third kappa shape index (κ3) is 3.67. The molecule has 1 aromatic carbocycles. The van der Waals surface area contributed by atoms with Gasteiger partial charge in [0.25, 0.3) is 0 Å². The number of halogens is 1. The number of methoxy groups -OCH3 is 1. The molecule has 0 saturated heterocycles. The third-order valence-corrected chi connectivity index (χ3v) is 2.91. The predicted octanol–water partition coefficient (Wildman–Crippen LogP) is 2.51. The van der Waals surface area contributed by atoms with Crippen molar-refractivity contribution in [2.45, 2.75) is 19.5 Å². The van der Waals surface area contributed by atoms with Crippen molar-refractivity contribution >= 4 is 11.6 Å². The molecule has 0 fully saturated rings. The lowest BCUT2D eigenvalue weighted by molar-refractivity contribution is 0.112. The van der Waals surface area contributed by atoms with Gasteiger partial charge < -0.3 is 9.84 Å². The van der Waals surface area contributed by atoms with Crippen molar-refractivity contribution in [2.24, 2.45) is 0 Å². The molecule has 0 spiro atoms. The van der Waals surface area contributed by atoms with Gasteiger partial charge in [-0.15, -0.1) is 0 Å². The fourth-order valence-corrected chi connectivity index (χ4v) is 1.66. The van der Waals surface area contributed by atoms with Crippen LogP contribution in [0.1, 0.15) is 12.5 Å². The van der Waals surface area contributed by atoms with E-state index in [1.165, 1.54) is 0 Å². The van der Waals surface area contributed by atoms with Crippen LogP contribution in [0.4, 0.5) is 0 Å². The summed E-state index contributed by atoms with van der Waals surface area (Å²) >= 11 is 5.84. The van der Waals surface area contributed by atoms with E-state index in [2.05, 4.69) is 11.8 Å². The standard InChI is InChI=1S/C12H18ClNO2/c1-9(8-16-3)14(2)7-10-4-5-12(15)11(13)6-10/h4-6,9,15H,7-8H2,1-3H3. The number of hydrogen-bond donors (Lipinski definition) is 1. The molecular formula is C12H18ClNO2. The molecule has 90 valence electrons. The van der Waals surface area contributed by atoms with Crippen molar-refractivity contribution in [1.82, 2.24) is 4.90 Å². The summed E-state index contributed by atoms with van der Waals surface area (Å²) < 4.78 is 5.10. The van der Waals surface area contributed by atoms with E-state index in [0.29, 0.717) is 17.7 Å². The van der Waals surface area contributed by atoms with E-state index in [1.807, 2.05) is 13.1 Å². The summed E-state index contributed by atoms with van der Waals surface area (Å²) in [4.78, 5) is 2.17. The number of rotatable bonds is 5. The summed E-state index contributed by atoms with van der Waals surface area (Å²) in [5, 5.41) is 9.70. The fourth-order valence-electron chi connectivity index (χ4n) is 1.46. The highest BCUT2D eigenvalue weighted by Crippen LogP contribution is 2.24. The van der Waals surface area contributed by atoms with Gasteiger partial charge >= 0.3 is 0 Å². The highest BCUT2D eigenvalue weighted by Gasteiger charge is 2.09. The Bertz CT molecular complexity index is 344. The van der Waals surface area contributed by atoms with Crippen LogP contribution in [0, 0.1) is 0 Å². The van der Waals surface area contributed by atoms with Crippen LogP contribution in [-0.2, 0) is 11.3 Å². The maximum absolute atomic E-state index is 9.31. The number of phenols is 1. The van der Waals surface area contributed by atoms with Gasteiger partial charge in [-0.2, -0.15) is 0 Å². The molecule has 1 atom stereocenters. The van der Waals surface area contributed by atoms with Crippen LogP contribution in [-0.4, -0.2) is 36.8 Å². The van der Waals surface area contributed by atoms with Crippen LogP contribution in [0.5, 0.6) is 5.75 Å². The number of nitrogens with zero attached hydrogens (tertiary/aromatic N) is 1. The van der Waals surface area contributed by atoms with Gasteiger partial charge in [-0.25, -0.2) is 0 Å². The van der Waals surface area contributed by atoms with E-state index in [-0.39, 0.29) is 5.75 Å². The number of phenolic OH excluding ortho intramolecular Hbond substituents is 1. The van der Waals surface area contributed by atoms with Gasteiger partial charge in [0.15, 0.2) is 0 Å². The van der Waals surface area contributed by atoms with Gasteiger partial charge in [-0.3, -0.25) is 4.90 Å². The Hall–Kier alpha value is -0.770. The largest absolute Gasteiger partial charge is 0.506 e. The molecule has 4 heteroatoms. The van der Waals surface area contributed by atoms with Gasteiger partial charge in [-0.1, -0.05) is 17.7 Å². The van der Waals surface area contributed by atoms with Crippen molar-refractivity contribution in [3.63, 3.8) is 0 Å². The van der Waals surface area contributed by atoms with Gasteiger partial charge in [0.1, 0.15) is 5.75 Å². The lowest BCUT2D eigenvalue weighted by Gasteiger charge is -2.24. The van der Waals surface area contributed by atoms with Crippen LogP contribution in [0.15, 0.2) is 18.2 Å². The fraction of sp³-hybridized carbons (Fsp3) is 0.500. The molecule has 0 heterocycles. The molecule has 1 rings (SSSR count). The first kappa shape index (κ1) is 13.3. The smallest absolute Gasteiger partial charge is 0.134 e. The number of aromatic hydroxyl groups is 1. The summed E-state index contributed by atoms with van der Waals surface area (Å²) in [6, 6.07) is 5.62.